The predicted octanol–water partition coefficient (Wildman–Crippen LogP) is 2.57. The van der Waals surface area contributed by atoms with Crippen molar-refractivity contribution in [2.45, 2.75) is 25.8 Å². The second kappa shape index (κ2) is 6.12. The number of methoxy groups -OCH3 is 2. The van der Waals surface area contributed by atoms with Gasteiger partial charge in [-0.1, -0.05) is 25.4 Å². The van der Waals surface area contributed by atoms with E-state index in [1.165, 1.54) is 20.3 Å². The van der Waals surface area contributed by atoms with Crippen LogP contribution in [0.1, 0.15) is 36.9 Å². The number of halogens is 1. The minimum atomic E-state index is -1.20. The van der Waals surface area contributed by atoms with E-state index in [0.29, 0.717) is 22.6 Å². The maximum absolute atomic E-state index is 11.1. The van der Waals surface area contributed by atoms with Gasteiger partial charge in [-0.05, 0) is 5.92 Å². The molecule has 1 unspecified atom stereocenters. The van der Waals surface area contributed by atoms with E-state index in [2.05, 4.69) is 0 Å². The molecule has 0 fully saturated rings. The molecule has 0 spiro atoms. The van der Waals surface area contributed by atoms with Crippen LogP contribution in [0.3, 0.4) is 0 Å². The first-order valence-corrected chi connectivity index (χ1v) is 6.15. The third kappa shape index (κ3) is 2.93. The molecule has 6 heteroatoms. The molecule has 0 radical (unpaired) electrons. The fraction of sp³-hybridized carbons (Fsp3) is 0.462. The largest absolute Gasteiger partial charge is 0.493 e. The average molecular weight is 288 g/mol. The Morgan fingerprint density at radius 2 is 1.89 bits per heavy atom. The van der Waals surface area contributed by atoms with E-state index in [9.17, 15) is 4.79 Å². The normalized spacial score (nSPS) is 12.4. The maximum atomic E-state index is 11.1. The first-order chi connectivity index (χ1) is 8.84. The summed E-state index contributed by atoms with van der Waals surface area (Å²) in [5.74, 6) is -0.231. The standard InChI is InChI=1S/C13H18ClNO4/c1-6(2)9-10(11(15)13(16)17)7(14)5-8(18-3)12(9)19-4/h5-6,11H,15H2,1-4H3,(H,16,17). The van der Waals surface area contributed by atoms with Gasteiger partial charge in [0.05, 0.1) is 19.2 Å². The zero-order valence-electron chi connectivity index (χ0n) is 11.4. The van der Waals surface area contributed by atoms with E-state index >= 15 is 0 Å². The van der Waals surface area contributed by atoms with Crippen molar-refractivity contribution in [1.82, 2.24) is 0 Å². The Kier molecular flexibility index (Phi) is 5.03. The molecule has 1 rings (SSSR count). The van der Waals surface area contributed by atoms with Gasteiger partial charge < -0.3 is 20.3 Å². The Hall–Kier alpha value is -1.46. The summed E-state index contributed by atoms with van der Waals surface area (Å²) in [6.07, 6.45) is 0. The average Bonchev–Trinajstić information content (AvgIpc) is 2.35. The van der Waals surface area contributed by atoms with Gasteiger partial charge in [0.25, 0.3) is 0 Å². The van der Waals surface area contributed by atoms with Gasteiger partial charge in [-0.15, -0.1) is 0 Å². The Morgan fingerprint density at radius 3 is 2.26 bits per heavy atom. The molecule has 1 aromatic carbocycles. The highest BCUT2D eigenvalue weighted by Gasteiger charge is 2.28. The molecular weight excluding hydrogens is 270 g/mol. The van der Waals surface area contributed by atoms with Crippen molar-refractivity contribution < 1.29 is 19.4 Å². The van der Waals surface area contributed by atoms with Crippen LogP contribution in [-0.4, -0.2) is 25.3 Å². The lowest BCUT2D eigenvalue weighted by atomic mass is 9.91. The number of carbonyl (C=O) groups is 1. The lowest BCUT2D eigenvalue weighted by Gasteiger charge is -2.22. The van der Waals surface area contributed by atoms with E-state index in [4.69, 9.17) is 31.9 Å². The fourth-order valence-corrected chi connectivity index (χ4v) is 2.34. The van der Waals surface area contributed by atoms with Crippen molar-refractivity contribution in [1.29, 1.82) is 0 Å². The van der Waals surface area contributed by atoms with Crippen molar-refractivity contribution >= 4 is 17.6 Å². The van der Waals surface area contributed by atoms with Gasteiger partial charge in [-0.3, -0.25) is 4.79 Å². The zero-order chi connectivity index (χ0) is 14.7. The number of aliphatic carboxylic acids is 1. The second-order valence-electron chi connectivity index (χ2n) is 4.39. The van der Waals surface area contributed by atoms with Crippen LogP contribution < -0.4 is 15.2 Å². The number of carboxylic acid groups (broad SMARTS) is 1. The number of nitrogens with two attached hydrogens (primary N) is 1. The van der Waals surface area contributed by atoms with Crippen LogP contribution in [0.2, 0.25) is 5.02 Å². The Bertz CT molecular complexity index is 488. The van der Waals surface area contributed by atoms with Crippen LogP contribution in [0, 0.1) is 0 Å². The molecule has 0 amide bonds. The summed E-state index contributed by atoms with van der Waals surface area (Å²) in [4.78, 5) is 11.1. The molecule has 0 heterocycles. The predicted molar refractivity (Wildman–Crippen MR) is 73.2 cm³/mol. The summed E-state index contributed by atoms with van der Waals surface area (Å²) >= 11 is 6.15. The highest BCUT2D eigenvalue weighted by molar-refractivity contribution is 6.32. The molecule has 0 bridgehead atoms. The smallest absolute Gasteiger partial charge is 0.325 e. The maximum Gasteiger partial charge on any atom is 0.325 e. The minimum Gasteiger partial charge on any atom is -0.493 e. The molecule has 0 aliphatic carbocycles. The van der Waals surface area contributed by atoms with Crippen LogP contribution in [0.15, 0.2) is 6.07 Å². The third-order valence-corrected chi connectivity index (χ3v) is 3.16. The van der Waals surface area contributed by atoms with Crippen LogP contribution in [0.5, 0.6) is 11.5 Å². The Labute approximate surface area is 117 Å². The molecule has 0 saturated carbocycles. The molecule has 0 aromatic heterocycles. The topological polar surface area (TPSA) is 81.8 Å². The van der Waals surface area contributed by atoms with Gasteiger partial charge in [-0.25, -0.2) is 0 Å². The van der Waals surface area contributed by atoms with Gasteiger partial charge >= 0.3 is 5.97 Å². The quantitative estimate of drug-likeness (QED) is 0.870. The molecule has 5 nitrogen and oxygen atoms in total. The molecule has 1 aromatic rings. The summed E-state index contributed by atoms with van der Waals surface area (Å²) in [6, 6.07) is 0.314. The van der Waals surface area contributed by atoms with Crippen molar-refractivity contribution in [3.63, 3.8) is 0 Å². The second-order valence-corrected chi connectivity index (χ2v) is 4.80. The van der Waals surface area contributed by atoms with E-state index in [-0.39, 0.29) is 10.9 Å². The molecule has 3 N–H and O–H groups in total. The summed E-state index contributed by atoms with van der Waals surface area (Å²) in [5.41, 5.74) is 6.73. The van der Waals surface area contributed by atoms with E-state index in [1.807, 2.05) is 13.8 Å². The first kappa shape index (κ1) is 15.6. The number of benzene rings is 1. The van der Waals surface area contributed by atoms with Crippen molar-refractivity contribution in [2.75, 3.05) is 14.2 Å². The molecular formula is C13H18ClNO4. The third-order valence-electron chi connectivity index (χ3n) is 2.85. The number of hydrogen-bond acceptors (Lipinski definition) is 4. The summed E-state index contributed by atoms with van der Waals surface area (Å²) in [5, 5.41) is 9.36. The van der Waals surface area contributed by atoms with Crippen molar-refractivity contribution in [3.05, 3.63) is 22.2 Å². The lowest BCUT2D eigenvalue weighted by Crippen LogP contribution is -2.23. The summed E-state index contributed by atoms with van der Waals surface area (Å²) in [6.45, 7) is 3.82. The Morgan fingerprint density at radius 1 is 1.32 bits per heavy atom. The van der Waals surface area contributed by atoms with Gasteiger partial charge in [0, 0.05) is 17.2 Å². The monoisotopic (exact) mass is 287 g/mol. The lowest BCUT2D eigenvalue weighted by molar-refractivity contribution is -0.138. The molecule has 0 aliphatic heterocycles. The molecule has 0 aliphatic rings. The van der Waals surface area contributed by atoms with Crippen LogP contribution in [0.25, 0.3) is 0 Å². The summed E-state index contributed by atoms with van der Waals surface area (Å²) in [7, 11) is 2.99. The highest BCUT2D eigenvalue weighted by Crippen LogP contribution is 2.43. The van der Waals surface area contributed by atoms with Crippen molar-refractivity contribution in [2.24, 2.45) is 5.73 Å². The number of hydrogen-bond donors (Lipinski definition) is 2. The molecule has 19 heavy (non-hydrogen) atoms. The molecule has 0 saturated heterocycles. The fourth-order valence-electron chi connectivity index (χ4n) is 2.02. The molecule has 106 valence electrons. The summed E-state index contributed by atoms with van der Waals surface area (Å²) < 4.78 is 10.5. The van der Waals surface area contributed by atoms with E-state index in [1.54, 1.807) is 0 Å². The van der Waals surface area contributed by atoms with Crippen LogP contribution in [0.4, 0.5) is 0 Å². The van der Waals surface area contributed by atoms with Gasteiger partial charge in [-0.2, -0.15) is 0 Å². The van der Waals surface area contributed by atoms with Gasteiger partial charge in [0.1, 0.15) is 6.04 Å². The minimum absolute atomic E-state index is 0.0112. The van der Waals surface area contributed by atoms with E-state index < -0.39 is 12.0 Å². The SMILES string of the molecule is COc1cc(Cl)c(C(N)C(=O)O)c(C(C)C)c1OC. The van der Waals surface area contributed by atoms with Crippen LogP contribution in [-0.2, 0) is 4.79 Å². The van der Waals surface area contributed by atoms with Crippen LogP contribution >= 0.6 is 11.6 Å². The van der Waals surface area contributed by atoms with Crippen molar-refractivity contribution in [3.8, 4) is 11.5 Å². The van der Waals surface area contributed by atoms with Gasteiger partial charge in [0.15, 0.2) is 11.5 Å². The highest BCUT2D eigenvalue weighted by atomic mass is 35.5. The number of ether oxygens (including phenoxy) is 2. The number of rotatable bonds is 5. The van der Waals surface area contributed by atoms with E-state index in [0.717, 1.165) is 0 Å². The zero-order valence-corrected chi connectivity index (χ0v) is 12.1. The Balaban J connectivity index is 3.66. The van der Waals surface area contributed by atoms with Gasteiger partial charge in [0.2, 0.25) is 0 Å². The molecule has 1 atom stereocenters. The number of carboxylic acids is 1. The first-order valence-electron chi connectivity index (χ1n) is 5.77.